The number of rotatable bonds is 8. The molecule has 0 aliphatic carbocycles. The van der Waals surface area contributed by atoms with E-state index in [9.17, 15) is 0 Å². The minimum absolute atomic E-state index is 0.724. The number of aryl methyl sites for hydroxylation is 1. The Balaban J connectivity index is 2.59. The molecule has 1 aromatic rings. The van der Waals surface area contributed by atoms with Gasteiger partial charge in [0.05, 0.1) is 12.3 Å². The summed E-state index contributed by atoms with van der Waals surface area (Å²) in [5, 5.41) is 1.09. The first-order valence-electron chi connectivity index (χ1n) is 5.85. The van der Waals surface area contributed by atoms with Crippen LogP contribution in [0, 0.1) is 13.8 Å². The lowest BCUT2D eigenvalue weighted by molar-refractivity contribution is 0.184. The van der Waals surface area contributed by atoms with E-state index in [0.29, 0.717) is 0 Å². The normalized spacial score (nSPS) is 11.1. The van der Waals surface area contributed by atoms with Gasteiger partial charge in [0.25, 0.3) is 0 Å². The molecule has 1 rings (SSSR count). The Bertz CT molecular complexity index is 339. The third-order valence-corrected chi connectivity index (χ3v) is 3.73. The fourth-order valence-electron chi connectivity index (χ4n) is 1.55. The Morgan fingerprint density at radius 2 is 1.88 bits per heavy atom. The Morgan fingerprint density at radius 1 is 1.18 bits per heavy atom. The van der Waals surface area contributed by atoms with Gasteiger partial charge in [-0.1, -0.05) is 11.8 Å². The van der Waals surface area contributed by atoms with Gasteiger partial charge in [-0.2, -0.15) is 0 Å². The van der Waals surface area contributed by atoms with E-state index in [1.54, 1.807) is 26.0 Å². The minimum atomic E-state index is 0.724. The van der Waals surface area contributed by atoms with Gasteiger partial charge in [0.1, 0.15) is 0 Å². The van der Waals surface area contributed by atoms with Gasteiger partial charge in [0.15, 0.2) is 5.16 Å². The molecule has 0 aliphatic heterocycles. The predicted octanol–water partition coefficient (Wildman–Crippen LogP) is 2.27. The van der Waals surface area contributed by atoms with Gasteiger partial charge in [0, 0.05) is 38.8 Å². The van der Waals surface area contributed by atoms with Gasteiger partial charge in [-0.15, -0.1) is 0 Å². The molecule has 98 valence electrons. The number of methoxy groups -OCH3 is 2. The maximum Gasteiger partial charge on any atom is 0.168 e. The van der Waals surface area contributed by atoms with E-state index < -0.39 is 0 Å². The molecule has 0 atom stereocenters. The van der Waals surface area contributed by atoms with Crippen molar-refractivity contribution in [2.24, 2.45) is 0 Å². The van der Waals surface area contributed by atoms with Crippen LogP contribution >= 0.6 is 11.8 Å². The molecule has 1 heterocycles. The average Bonchev–Trinajstić information content (AvgIpc) is 2.59. The van der Waals surface area contributed by atoms with Gasteiger partial charge in [-0.25, -0.2) is 4.98 Å². The minimum Gasteiger partial charge on any atom is -0.385 e. The van der Waals surface area contributed by atoms with Crippen LogP contribution in [0.15, 0.2) is 5.16 Å². The van der Waals surface area contributed by atoms with Gasteiger partial charge in [-0.05, 0) is 20.3 Å². The number of thioether (sulfide) groups is 1. The van der Waals surface area contributed by atoms with Crippen LogP contribution in [0.1, 0.15) is 17.8 Å². The standard InChI is InChI=1S/C12H22N2O2S/c1-10-11(2)14(6-8-16-4)12(13-10)17-9-5-7-15-3/h5-9H2,1-4H3. The van der Waals surface area contributed by atoms with Crippen molar-refractivity contribution in [1.82, 2.24) is 9.55 Å². The van der Waals surface area contributed by atoms with E-state index in [0.717, 1.165) is 42.8 Å². The summed E-state index contributed by atoms with van der Waals surface area (Å²) in [6.07, 6.45) is 1.05. The quantitative estimate of drug-likeness (QED) is 0.529. The first kappa shape index (κ1) is 14.5. The van der Waals surface area contributed by atoms with E-state index >= 15 is 0 Å². The number of ether oxygens (including phenoxy) is 2. The molecule has 0 aliphatic rings. The third-order valence-electron chi connectivity index (χ3n) is 2.67. The van der Waals surface area contributed by atoms with Crippen molar-refractivity contribution in [2.45, 2.75) is 32.0 Å². The second-order valence-corrected chi connectivity index (χ2v) is 4.97. The molecule has 17 heavy (non-hydrogen) atoms. The number of hydrogen-bond donors (Lipinski definition) is 0. The fourth-order valence-corrected chi connectivity index (χ4v) is 2.58. The van der Waals surface area contributed by atoms with Gasteiger partial charge in [0.2, 0.25) is 0 Å². The Labute approximate surface area is 108 Å². The first-order chi connectivity index (χ1) is 8.20. The Hall–Kier alpha value is -0.520. The summed E-state index contributed by atoms with van der Waals surface area (Å²) in [7, 11) is 3.46. The molecular formula is C12H22N2O2S. The molecule has 0 spiro atoms. The van der Waals surface area contributed by atoms with Crippen LogP contribution in [0.3, 0.4) is 0 Å². The lowest BCUT2D eigenvalue weighted by Gasteiger charge is -2.08. The molecule has 0 bridgehead atoms. The van der Waals surface area contributed by atoms with Gasteiger partial charge in [-0.3, -0.25) is 0 Å². The van der Waals surface area contributed by atoms with Gasteiger partial charge >= 0.3 is 0 Å². The molecule has 4 nitrogen and oxygen atoms in total. The zero-order chi connectivity index (χ0) is 12.7. The zero-order valence-corrected chi connectivity index (χ0v) is 12.0. The monoisotopic (exact) mass is 258 g/mol. The summed E-state index contributed by atoms with van der Waals surface area (Å²) < 4.78 is 12.4. The van der Waals surface area contributed by atoms with Crippen LogP contribution in [0.25, 0.3) is 0 Å². The van der Waals surface area contributed by atoms with E-state index in [1.165, 1.54) is 5.69 Å². The third kappa shape index (κ3) is 4.33. The van der Waals surface area contributed by atoms with Crippen LogP contribution in [-0.4, -0.2) is 42.7 Å². The lowest BCUT2D eigenvalue weighted by atomic mass is 10.4. The van der Waals surface area contributed by atoms with Crippen molar-refractivity contribution in [2.75, 3.05) is 33.2 Å². The topological polar surface area (TPSA) is 36.3 Å². The molecule has 0 aromatic carbocycles. The number of imidazole rings is 1. The van der Waals surface area contributed by atoms with Crippen LogP contribution in [0.5, 0.6) is 0 Å². The summed E-state index contributed by atoms with van der Waals surface area (Å²) in [5.74, 6) is 1.04. The van der Waals surface area contributed by atoms with E-state index in [4.69, 9.17) is 9.47 Å². The molecular weight excluding hydrogens is 236 g/mol. The van der Waals surface area contributed by atoms with Crippen molar-refractivity contribution in [3.63, 3.8) is 0 Å². The van der Waals surface area contributed by atoms with E-state index in [1.807, 2.05) is 0 Å². The second kappa shape index (κ2) is 7.74. The van der Waals surface area contributed by atoms with E-state index in [2.05, 4.69) is 23.4 Å². The Kier molecular flexibility index (Phi) is 6.62. The van der Waals surface area contributed by atoms with Crippen molar-refractivity contribution >= 4 is 11.8 Å². The van der Waals surface area contributed by atoms with Crippen LogP contribution in [0.2, 0.25) is 0 Å². The fraction of sp³-hybridized carbons (Fsp3) is 0.750. The van der Waals surface area contributed by atoms with Crippen molar-refractivity contribution < 1.29 is 9.47 Å². The summed E-state index contributed by atoms with van der Waals surface area (Å²) in [6, 6.07) is 0. The first-order valence-corrected chi connectivity index (χ1v) is 6.83. The van der Waals surface area contributed by atoms with Crippen LogP contribution in [0.4, 0.5) is 0 Å². The van der Waals surface area contributed by atoms with Crippen molar-refractivity contribution in [3.05, 3.63) is 11.4 Å². The molecule has 0 saturated carbocycles. The highest BCUT2D eigenvalue weighted by Crippen LogP contribution is 2.21. The lowest BCUT2D eigenvalue weighted by Crippen LogP contribution is -2.07. The van der Waals surface area contributed by atoms with Crippen LogP contribution in [-0.2, 0) is 16.0 Å². The number of nitrogens with zero attached hydrogens (tertiary/aromatic N) is 2. The van der Waals surface area contributed by atoms with Crippen molar-refractivity contribution in [3.8, 4) is 0 Å². The maximum absolute atomic E-state index is 5.13. The largest absolute Gasteiger partial charge is 0.385 e. The van der Waals surface area contributed by atoms with Gasteiger partial charge < -0.3 is 14.0 Å². The number of aromatic nitrogens is 2. The number of hydrogen-bond acceptors (Lipinski definition) is 4. The SMILES string of the molecule is COCCCSc1nc(C)c(C)n1CCOC. The molecule has 1 aromatic heterocycles. The van der Waals surface area contributed by atoms with Crippen LogP contribution < -0.4 is 0 Å². The molecule has 0 N–H and O–H groups in total. The van der Waals surface area contributed by atoms with E-state index in [-0.39, 0.29) is 0 Å². The molecule has 0 amide bonds. The highest BCUT2D eigenvalue weighted by molar-refractivity contribution is 7.99. The zero-order valence-electron chi connectivity index (χ0n) is 11.2. The molecule has 0 fully saturated rings. The predicted molar refractivity (Wildman–Crippen MR) is 70.8 cm³/mol. The highest BCUT2D eigenvalue weighted by Gasteiger charge is 2.10. The smallest absolute Gasteiger partial charge is 0.168 e. The maximum atomic E-state index is 5.13. The summed E-state index contributed by atoms with van der Waals surface area (Å²) in [6.45, 7) is 6.57. The summed E-state index contributed by atoms with van der Waals surface area (Å²) >= 11 is 1.79. The molecule has 0 unspecified atom stereocenters. The Morgan fingerprint density at radius 3 is 2.53 bits per heavy atom. The van der Waals surface area contributed by atoms with Crippen molar-refractivity contribution in [1.29, 1.82) is 0 Å². The second-order valence-electron chi connectivity index (χ2n) is 3.90. The molecule has 0 radical (unpaired) electrons. The molecule has 0 saturated heterocycles. The summed E-state index contributed by atoms with van der Waals surface area (Å²) in [4.78, 5) is 4.59. The average molecular weight is 258 g/mol. The summed E-state index contributed by atoms with van der Waals surface area (Å²) in [5.41, 5.74) is 2.34. The highest BCUT2D eigenvalue weighted by atomic mass is 32.2. The molecule has 5 heteroatoms.